The van der Waals surface area contributed by atoms with Crippen molar-refractivity contribution in [2.75, 3.05) is 32.0 Å². The van der Waals surface area contributed by atoms with Gasteiger partial charge in [0.15, 0.2) is 12.6 Å². The van der Waals surface area contributed by atoms with Gasteiger partial charge < -0.3 is 15.1 Å². The van der Waals surface area contributed by atoms with E-state index in [0.29, 0.717) is 11.8 Å². The summed E-state index contributed by atoms with van der Waals surface area (Å²) in [5, 5.41) is 3.01. The van der Waals surface area contributed by atoms with Crippen LogP contribution in [-0.4, -0.2) is 49.4 Å². The Bertz CT molecular complexity index is 628. The summed E-state index contributed by atoms with van der Waals surface area (Å²) >= 11 is 0. The molecule has 1 aliphatic heterocycles. The molecule has 26 heavy (non-hydrogen) atoms. The van der Waals surface area contributed by atoms with Crippen molar-refractivity contribution >= 4 is 17.5 Å². The molecule has 0 spiro atoms. The van der Waals surface area contributed by atoms with Gasteiger partial charge in [-0.25, -0.2) is 0 Å². The lowest BCUT2D eigenvalue weighted by atomic mass is 9.91. The highest BCUT2D eigenvalue weighted by atomic mass is 16.2. The summed E-state index contributed by atoms with van der Waals surface area (Å²) in [7, 11) is 1.92. The molecule has 1 fully saturated rings. The lowest BCUT2D eigenvalue weighted by molar-refractivity contribution is -0.886. The van der Waals surface area contributed by atoms with Crippen LogP contribution in [0.25, 0.3) is 0 Å². The van der Waals surface area contributed by atoms with Gasteiger partial charge in [0.25, 0.3) is 11.8 Å². The van der Waals surface area contributed by atoms with Crippen LogP contribution in [0.15, 0.2) is 18.2 Å². The van der Waals surface area contributed by atoms with Gasteiger partial charge in [0.2, 0.25) is 0 Å². The summed E-state index contributed by atoms with van der Waals surface area (Å²) < 4.78 is 0. The Hall–Kier alpha value is -1.88. The first-order valence-corrected chi connectivity index (χ1v) is 9.66. The van der Waals surface area contributed by atoms with Crippen LogP contribution in [0.1, 0.15) is 38.3 Å². The molecular weight excluding hydrogens is 326 g/mol. The number of hydrogen-bond donors (Lipinski definition) is 2. The Morgan fingerprint density at radius 3 is 2.27 bits per heavy atom. The van der Waals surface area contributed by atoms with Crippen LogP contribution in [-0.2, 0) is 9.59 Å². The van der Waals surface area contributed by atoms with Crippen LogP contribution in [0, 0.1) is 25.7 Å². The molecule has 5 heteroatoms. The molecule has 5 nitrogen and oxygen atoms in total. The lowest BCUT2D eigenvalue weighted by Gasteiger charge is -2.36. The minimum absolute atomic E-state index is 0.0556. The molecule has 0 aliphatic carbocycles. The van der Waals surface area contributed by atoms with E-state index in [4.69, 9.17) is 0 Å². The van der Waals surface area contributed by atoms with Crippen LogP contribution in [0.4, 0.5) is 5.69 Å². The number of anilines is 1. The van der Waals surface area contributed by atoms with E-state index in [1.54, 1.807) is 0 Å². The number of piperidine rings is 1. The predicted molar refractivity (Wildman–Crippen MR) is 105 cm³/mol. The van der Waals surface area contributed by atoms with Gasteiger partial charge in [-0.15, -0.1) is 0 Å². The minimum Gasteiger partial charge on any atom is -0.337 e. The van der Waals surface area contributed by atoms with Crippen LogP contribution >= 0.6 is 0 Å². The monoisotopic (exact) mass is 360 g/mol. The number of rotatable bonds is 5. The highest BCUT2D eigenvalue weighted by molar-refractivity contribution is 5.93. The second-order valence-electron chi connectivity index (χ2n) is 8.25. The van der Waals surface area contributed by atoms with Crippen molar-refractivity contribution in [3.8, 4) is 0 Å². The van der Waals surface area contributed by atoms with Crippen molar-refractivity contribution in [2.45, 2.75) is 47.1 Å². The standard InChI is InChI=1S/C21H33N3O2/c1-14-10-15(2)12-24(11-14)21(26)18(5)23(6)13-19(25)22-20-16(3)8-7-9-17(20)4/h7-9,14-15,18H,10-13H2,1-6H3,(H,22,25)/p+1/t14-,15+,18-/m1/s1. The summed E-state index contributed by atoms with van der Waals surface area (Å²) in [6, 6.07) is 5.74. The molecule has 1 heterocycles. The maximum Gasteiger partial charge on any atom is 0.280 e. The molecule has 1 aromatic carbocycles. The number of likely N-dealkylation sites (N-methyl/N-ethyl adjacent to an activating group) is 1. The number of carbonyl (C=O) groups excluding carboxylic acids is 2. The van der Waals surface area contributed by atoms with Crippen molar-refractivity contribution in [1.82, 2.24) is 4.90 Å². The number of aryl methyl sites for hydroxylation is 2. The first kappa shape index (κ1) is 20.4. The second-order valence-corrected chi connectivity index (χ2v) is 8.25. The van der Waals surface area contributed by atoms with E-state index in [0.717, 1.165) is 34.8 Å². The van der Waals surface area contributed by atoms with Gasteiger partial charge in [-0.05, 0) is 50.2 Å². The molecule has 2 amide bonds. The van der Waals surface area contributed by atoms with Crippen molar-refractivity contribution in [2.24, 2.45) is 11.8 Å². The first-order chi connectivity index (χ1) is 12.2. The van der Waals surface area contributed by atoms with E-state index in [2.05, 4.69) is 19.2 Å². The number of likely N-dealkylation sites (tertiary alicyclic amines) is 1. The number of nitrogens with one attached hydrogen (secondary N) is 2. The molecule has 1 aliphatic rings. The quantitative estimate of drug-likeness (QED) is 0.839. The van der Waals surface area contributed by atoms with Gasteiger partial charge in [-0.3, -0.25) is 9.59 Å². The normalized spacial score (nSPS) is 22.6. The fourth-order valence-electron chi connectivity index (χ4n) is 3.93. The maximum atomic E-state index is 12.9. The second kappa shape index (κ2) is 8.67. The largest absolute Gasteiger partial charge is 0.337 e. The topological polar surface area (TPSA) is 53.9 Å². The van der Waals surface area contributed by atoms with Gasteiger partial charge in [-0.2, -0.15) is 0 Å². The molecule has 0 radical (unpaired) electrons. The van der Waals surface area contributed by atoms with Gasteiger partial charge in [0, 0.05) is 18.8 Å². The van der Waals surface area contributed by atoms with E-state index in [1.807, 2.05) is 50.9 Å². The third-order valence-electron chi connectivity index (χ3n) is 5.48. The Balaban J connectivity index is 1.94. The fourth-order valence-corrected chi connectivity index (χ4v) is 3.93. The van der Waals surface area contributed by atoms with Gasteiger partial charge in [0.1, 0.15) is 0 Å². The summed E-state index contributed by atoms with van der Waals surface area (Å²) in [5.74, 6) is 1.19. The molecule has 2 rings (SSSR count). The predicted octanol–water partition coefficient (Wildman–Crippen LogP) is 1.65. The molecule has 144 valence electrons. The van der Waals surface area contributed by atoms with Crippen molar-refractivity contribution < 1.29 is 14.5 Å². The third kappa shape index (κ3) is 5.07. The van der Waals surface area contributed by atoms with E-state index in [-0.39, 0.29) is 24.4 Å². The lowest BCUT2D eigenvalue weighted by Crippen LogP contribution is -3.15. The first-order valence-electron chi connectivity index (χ1n) is 9.66. The number of quaternary nitrogens is 1. The van der Waals surface area contributed by atoms with E-state index >= 15 is 0 Å². The van der Waals surface area contributed by atoms with Crippen LogP contribution < -0.4 is 10.2 Å². The zero-order valence-corrected chi connectivity index (χ0v) is 17.1. The SMILES string of the molecule is Cc1cccc(C)c1NC(=O)C[NH+](C)[C@H](C)C(=O)N1C[C@H](C)C[C@H](C)C1. The Labute approximate surface area is 157 Å². The van der Waals surface area contributed by atoms with E-state index in [1.165, 1.54) is 6.42 Å². The van der Waals surface area contributed by atoms with Gasteiger partial charge in [0.05, 0.1) is 7.05 Å². The molecule has 2 N–H and O–H groups in total. The third-order valence-corrected chi connectivity index (χ3v) is 5.48. The molecule has 1 unspecified atom stereocenters. The average molecular weight is 361 g/mol. The van der Waals surface area contributed by atoms with E-state index < -0.39 is 0 Å². The zero-order valence-electron chi connectivity index (χ0n) is 17.1. The number of hydrogen-bond acceptors (Lipinski definition) is 2. The van der Waals surface area contributed by atoms with Crippen LogP contribution in [0.5, 0.6) is 0 Å². The summed E-state index contributed by atoms with van der Waals surface area (Å²) in [6.45, 7) is 12.2. The summed E-state index contributed by atoms with van der Waals surface area (Å²) in [4.78, 5) is 28.2. The highest BCUT2D eigenvalue weighted by Crippen LogP contribution is 2.21. The number of nitrogens with zero attached hydrogens (tertiary/aromatic N) is 1. The van der Waals surface area contributed by atoms with E-state index in [9.17, 15) is 9.59 Å². The van der Waals surface area contributed by atoms with Crippen molar-refractivity contribution in [1.29, 1.82) is 0 Å². The molecule has 0 aromatic heterocycles. The van der Waals surface area contributed by atoms with Crippen molar-refractivity contribution in [3.63, 3.8) is 0 Å². The van der Waals surface area contributed by atoms with Crippen LogP contribution in [0.3, 0.4) is 0 Å². The number of benzene rings is 1. The molecule has 0 saturated carbocycles. The van der Waals surface area contributed by atoms with Crippen LogP contribution in [0.2, 0.25) is 0 Å². The fraction of sp³-hybridized carbons (Fsp3) is 0.619. The Morgan fingerprint density at radius 1 is 1.19 bits per heavy atom. The molecule has 4 atom stereocenters. The summed E-state index contributed by atoms with van der Waals surface area (Å²) in [6.07, 6.45) is 1.18. The zero-order chi connectivity index (χ0) is 19.4. The van der Waals surface area contributed by atoms with Gasteiger partial charge >= 0.3 is 0 Å². The molecule has 1 saturated heterocycles. The average Bonchev–Trinajstić information content (AvgIpc) is 2.56. The highest BCUT2D eigenvalue weighted by Gasteiger charge is 2.32. The molecular formula is C21H34N3O2+. The summed E-state index contributed by atoms with van der Waals surface area (Å²) in [5.41, 5.74) is 2.98. The number of carbonyl (C=O) groups is 2. The maximum absolute atomic E-state index is 12.9. The Kier molecular flexibility index (Phi) is 6.81. The van der Waals surface area contributed by atoms with Gasteiger partial charge in [-0.1, -0.05) is 32.0 Å². The Morgan fingerprint density at radius 2 is 1.73 bits per heavy atom. The number of para-hydroxylation sites is 1. The smallest absolute Gasteiger partial charge is 0.280 e. The van der Waals surface area contributed by atoms with Crippen molar-refractivity contribution in [3.05, 3.63) is 29.3 Å². The minimum atomic E-state index is -0.226. The molecule has 1 aromatic rings. The number of amides is 2. The molecule has 0 bridgehead atoms.